The molecule has 0 aromatic carbocycles. The second-order valence-electron chi connectivity index (χ2n) is 14.9. The molecule has 16 nitrogen and oxygen atoms in total. The van der Waals surface area contributed by atoms with Crippen molar-refractivity contribution in [3.63, 3.8) is 0 Å². The van der Waals surface area contributed by atoms with Crippen molar-refractivity contribution in [1.29, 1.82) is 0 Å². The molecule has 2 atom stereocenters. The van der Waals surface area contributed by atoms with Gasteiger partial charge in [-0.3, -0.25) is 19.6 Å². The average Bonchev–Trinajstić information content (AvgIpc) is 3.76. The summed E-state index contributed by atoms with van der Waals surface area (Å²) < 4.78 is 10.5. The number of ether oxygens (including phenoxy) is 2. The summed E-state index contributed by atoms with van der Waals surface area (Å²) in [7, 11) is 0. The van der Waals surface area contributed by atoms with Crippen LogP contribution in [0.15, 0.2) is 36.7 Å². The van der Waals surface area contributed by atoms with E-state index in [0.717, 1.165) is 46.8 Å². The second kappa shape index (κ2) is 17.8. The molecular formula is C36H46N10O6S2. The van der Waals surface area contributed by atoms with Crippen LogP contribution in [0.5, 0.6) is 0 Å². The van der Waals surface area contributed by atoms with Gasteiger partial charge in [-0.1, -0.05) is 41.2 Å². The first-order valence-corrected chi connectivity index (χ1v) is 19.3. The third-order valence-electron chi connectivity index (χ3n) is 7.87. The van der Waals surface area contributed by atoms with Crippen LogP contribution in [0, 0.1) is 0 Å². The highest BCUT2D eigenvalue weighted by Gasteiger charge is 2.30. The molecule has 1 saturated carbocycles. The summed E-state index contributed by atoms with van der Waals surface area (Å²) in [6.45, 7) is 11.3. The number of nitrogens with zero attached hydrogens (tertiary/aromatic N) is 6. The molecule has 4 aromatic heterocycles. The number of rotatable bonds is 12. The van der Waals surface area contributed by atoms with Gasteiger partial charge in [-0.15, -0.1) is 20.4 Å². The highest BCUT2D eigenvalue weighted by atomic mass is 32.1. The van der Waals surface area contributed by atoms with Crippen molar-refractivity contribution in [3.8, 4) is 0 Å². The number of hydrogen-bond donors (Lipinski definition) is 4. The largest absolute Gasteiger partial charge is 0.444 e. The number of carbonyl (C=O) groups is 4. The van der Waals surface area contributed by atoms with Crippen LogP contribution in [0.25, 0.3) is 0 Å². The minimum Gasteiger partial charge on any atom is -0.444 e. The van der Waals surface area contributed by atoms with Gasteiger partial charge in [0, 0.05) is 48.7 Å². The molecule has 0 unspecified atom stereocenters. The Hall–Kier alpha value is -5.10. The zero-order valence-corrected chi connectivity index (χ0v) is 32.9. The fourth-order valence-electron chi connectivity index (χ4n) is 5.50. The predicted molar refractivity (Wildman–Crippen MR) is 203 cm³/mol. The van der Waals surface area contributed by atoms with Crippen LogP contribution in [-0.2, 0) is 45.0 Å². The zero-order chi connectivity index (χ0) is 38.9. The van der Waals surface area contributed by atoms with Crippen molar-refractivity contribution < 1.29 is 28.7 Å². The number of carbonyl (C=O) groups excluding carboxylic acids is 4. The van der Waals surface area contributed by atoms with Gasteiger partial charge in [-0.2, -0.15) is 0 Å². The van der Waals surface area contributed by atoms with Crippen LogP contribution in [0.1, 0.15) is 112 Å². The van der Waals surface area contributed by atoms with Gasteiger partial charge in [0.05, 0.1) is 12.8 Å². The summed E-state index contributed by atoms with van der Waals surface area (Å²) in [6, 6.07) is 7.10. The molecule has 288 valence electrons. The van der Waals surface area contributed by atoms with E-state index in [0.29, 0.717) is 21.7 Å². The van der Waals surface area contributed by atoms with Crippen molar-refractivity contribution in [1.82, 2.24) is 41.0 Å². The van der Waals surface area contributed by atoms with E-state index in [-0.39, 0.29) is 49.6 Å². The lowest BCUT2D eigenvalue weighted by Crippen LogP contribution is -2.32. The molecule has 0 saturated heterocycles. The lowest BCUT2D eigenvalue weighted by molar-refractivity contribution is -0.116. The second-order valence-corrected chi connectivity index (χ2v) is 16.9. The zero-order valence-electron chi connectivity index (χ0n) is 31.2. The van der Waals surface area contributed by atoms with E-state index in [1.807, 2.05) is 0 Å². The molecule has 5 rings (SSSR count). The smallest absolute Gasteiger partial charge is 0.407 e. The maximum absolute atomic E-state index is 12.8. The molecule has 0 bridgehead atoms. The summed E-state index contributed by atoms with van der Waals surface area (Å²) in [5.74, 6) is -0.193. The van der Waals surface area contributed by atoms with E-state index in [2.05, 4.69) is 51.6 Å². The van der Waals surface area contributed by atoms with Crippen molar-refractivity contribution in [2.45, 2.75) is 116 Å². The molecular weight excluding hydrogens is 733 g/mol. The maximum atomic E-state index is 12.8. The third kappa shape index (κ3) is 13.1. The maximum Gasteiger partial charge on any atom is 0.407 e. The lowest BCUT2D eigenvalue weighted by atomic mass is 9.82. The Labute approximate surface area is 321 Å². The molecule has 4 N–H and O–H groups in total. The standard InChI is InChI=1S/C36H46N10O6S2/c1-35(2,3)51-33(49)39-19-21-10-12-25(37-17-21)15-27(47)41-31-45-43-29(53-31)23-8-7-9-24(14-23)30-44-46-32(54-30)42-28(48)16-26-13-11-22(18-38-26)20-40-34(50)52-36(4,5)6/h10-13,17-18,23-24H,7-9,14-16,19-20H2,1-6H3,(H,39,49)(H,40,50)(H,41,45,47)(H,42,46,48)/t23-,24-/m0/s1. The topological polar surface area (TPSA) is 212 Å². The van der Waals surface area contributed by atoms with E-state index >= 15 is 0 Å². The molecule has 4 heterocycles. The Balaban J connectivity index is 1.05. The number of nitrogens with one attached hydrogen (secondary N) is 4. The first-order valence-electron chi connectivity index (χ1n) is 17.6. The minimum atomic E-state index is -0.582. The van der Waals surface area contributed by atoms with E-state index in [1.54, 1.807) is 78.2 Å². The van der Waals surface area contributed by atoms with Crippen LogP contribution >= 0.6 is 22.7 Å². The van der Waals surface area contributed by atoms with Crippen molar-refractivity contribution in [2.24, 2.45) is 0 Å². The third-order valence-corrected chi connectivity index (χ3v) is 9.88. The van der Waals surface area contributed by atoms with Gasteiger partial charge in [-0.25, -0.2) is 9.59 Å². The normalized spacial score (nSPS) is 15.9. The van der Waals surface area contributed by atoms with Gasteiger partial charge in [0.15, 0.2) is 0 Å². The molecule has 4 aromatic rings. The molecule has 18 heteroatoms. The molecule has 1 aliphatic carbocycles. The Morgan fingerprint density at radius 3 is 1.46 bits per heavy atom. The number of pyridine rings is 2. The molecule has 54 heavy (non-hydrogen) atoms. The van der Waals surface area contributed by atoms with Crippen molar-refractivity contribution in [3.05, 3.63) is 69.2 Å². The van der Waals surface area contributed by atoms with Gasteiger partial charge in [0.1, 0.15) is 21.2 Å². The molecule has 1 aliphatic rings. The fraction of sp³-hybridized carbons (Fsp3) is 0.500. The fourth-order valence-corrected chi connectivity index (χ4v) is 7.31. The highest BCUT2D eigenvalue weighted by Crippen LogP contribution is 2.43. The van der Waals surface area contributed by atoms with E-state index in [9.17, 15) is 19.2 Å². The van der Waals surface area contributed by atoms with Gasteiger partial charge in [0.2, 0.25) is 22.1 Å². The van der Waals surface area contributed by atoms with Crippen LogP contribution < -0.4 is 21.3 Å². The van der Waals surface area contributed by atoms with Gasteiger partial charge in [-0.05, 0) is 84.1 Å². The van der Waals surface area contributed by atoms with Crippen LogP contribution in [0.3, 0.4) is 0 Å². The lowest BCUT2D eigenvalue weighted by Gasteiger charge is -2.25. The molecule has 1 fully saturated rings. The molecule has 0 spiro atoms. The SMILES string of the molecule is CC(C)(C)OC(=O)NCc1ccc(CC(=O)Nc2nnc([C@H]3CCC[C@H](c4nnc(NC(=O)Cc5ccc(CNC(=O)OC(C)(C)C)cn5)s4)C3)s2)nc1. The van der Waals surface area contributed by atoms with Crippen molar-refractivity contribution >= 4 is 56.9 Å². The predicted octanol–water partition coefficient (Wildman–Crippen LogP) is 6.03. The summed E-state index contributed by atoms with van der Waals surface area (Å²) in [4.78, 5) is 58.0. The Morgan fingerprint density at radius 1 is 0.667 bits per heavy atom. The van der Waals surface area contributed by atoms with Gasteiger partial charge >= 0.3 is 12.2 Å². The average molecular weight is 779 g/mol. The number of hydrogen-bond acceptors (Lipinski definition) is 14. The number of aromatic nitrogens is 6. The number of anilines is 2. The Kier molecular flexibility index (Phi) is 13.2. The quantitative estimate of drug-likeness (QED) is 0.130. The Bertz CT molecular complexity index is 1770. The van der Waals surface area contributed by atoms with Gasteiger partial charge < -0.3 is 30.7 Å². The van der Waals surface area contributed by atoms with Crippen LogP contribution in [-0.4, -0.2) is 65.6 Å². The van der Waals surface area contributed by atoms with Crippen LogP contribution in [0.4, 0.5) is 19.9 Å². The van der Waals surface area contributed by atoms with Crippen LogP contribution in [0.2, 0.25) is 0 Å². The monoisotopic (exact) mass is 778 g/mol. The highest BCUT2D eigenvalue weighted by molar-refractivity contribution is 7.15. The van der Waals surface area contributed by atoms with Crippen molar-refractivity contribution in [2.75, 3.05) is 10.6 Å². The summed E-state index contributed by atoms with van der Waals surface area (Å²) in [6.07, 6.45) is 6.02. The summed E-state index contributed by atoms with van der Waals surface area (Å²) in [5, 5.41) is 30.8. The molecule has 0 aliphatic heterocycles. The van der Waals surface area contributed by atoms with Gasteiger partial charge in [0.25, 0.3) is 0 Å². The molecule has 4 amide bonds. The molecule has 0 radical (unpaired) electrons. The number of alkyl carbamates (subject to hydrolysis) is 2. The first-order chi connectivity index (χ1) is 25.6. The van der Waals surface area contributed by atoms with E-state index in [4.69, 9.17) is 9.47 Å². The van der Waals surface area contributed by atoms with E-state index < -0.39 is 23.4 Å². The first kappa shape index (κ1) is 40.1. The summed E-state index contributed by atoms with van der Waals surface area (Å²) >= 11 is 2.73. The Morgan fingerprint density at radius 2 is 1.09 bits per heavy atom. The number of amides is 4. The minimum absolute atomic E-state index is 0.0635. The summed E-state index contributed by atoms with van der Waals surface area (Å²) in [5.41, 5.74) is 1.56. The van der Waals surface area contributed by atoms with E-state index in [1.165, 1.54) is 22.7 Å².